The van der Waals surface area contributed by atoms with Crippen LogP contribution in [0.3, 0.4) is 0 Å². The van der Waals surface area contributed by atoms with Crippen LogP contribution in [0.1, 0.15) is 24.1 Å². The first kappa shape index (κ1) is 12.7. The van der Waals surface area contributed by atoms with Gasteiger partial charge < -0.3 is 5.11 Å². The van der Waals surface area contributed by atoms with Crippen molar-refractivity contribution in [1.29, 1.82) is 5.26 Å². The molecule has 0 bridgehead atoms. The predicted octanol–water partition coefficient (Wildman–Crippen LogP) is 1.87. The molecule has 0 aromatic heterocycles. The third kappa shape index (κ3) is 3.06. The molecule has 0 aliphatic carbocycles. The summed E-state index contributed by atoms with van der Waals surface area (Å²) in [4.78, 5) is 1.97. The standard InChI is InChI=1S/C13H18N2O/c1-3-15(7-8-16)13(10-14)12-6-4-5-11(2)9-12/h4-6,9,13,16H,3,7-8H2,1-2H3. The Bertz CT molecular complexity index is 370. The van der Waals surface area contributed by atoms with Crippen LogP contribution < -0.4 is 0 Å². The maximum absolute atomic E-state index is 9.23. The minimum absolute atomic E-state index is 0.0812. The lowest BCUT2D eigenvalue weighted by Gasteiger charge is -2.25. The molecule has 0 aliphatic rings. The lowest BCUT2D eigenvalue weighted by Crippen LogP contribution is -2.30. The van der Waals surface area contributed by atoms with Gasteiger partial charge in [-0.15, -0.1) is 0 Å². The van der Waals surface area contributed by atoms with Gasteiger partial charge in [0.1, 0.15) is 6.04 Å². The maximum Gasteiger partial charge on any atom is 0.123 e. The first-order chi connectivity index (χ1) is 7.72. The average molecular weight is 218 g/mol. The lowest BCUT2D eigenvalue weighted by atomic mass is 10.0. The predicted molar refractivity (Wildman–Crippen MR) is 63.9 cm³/mol. The second kappa shape index (κ2) is 6.26. The minimum Gasteiger partial charge on any atom is -0.395 e. The van der Waals surface area contributed by atoms with Crippen LogP contribution in [0.4, 0.5) is 0 Å². The maximum atomic E-state index is 9.23. The van der Waals surface area contributed by atoms with Gasteiger partial charge in [-0.2, -0.15) is 5.26 Å². The highest BCUT2D eigenvalue weighted by Crippen LogP contribution is 2.20. The smallest absolute Gasteiger partial charge is 0.123 e. The molecule has 0 spiro atoms. The summed E-state index contributed by atoms with van der Waals surface area (Å²) in [6, 6.07) is 9.98. The molecule has 0 saturated heterocycles. The van der Waals surface area contributed by atoms with E-state index in [1.54, 1.807) is 0 Å². The fraction of sp³-hybridized carbons (Fsp3) is 0.462. The van der Waals surface area contributed by atoms with Gasteiger partial charge in [0.15, 0.2) is 0 Å². The molecule has 1 aromatic carbocycles. The number of nitrogens with zero attached hydrogens (tertiary/aromatic N) is 2. The van der Waals surface area contributed by atoms with Crippen molar-refractivity contribution in [3.8, 4) is 6.07 Å². The molecule has 0 fully saturated rings. The van der Waals surface area contributed by atoms with Gasteiger partial charge in [-0.25, -0.2) is 0 Å². The summed E-state index contributed by atoms with van der Waals surface area (Å²) >= 11 is 0. The molecule has 0 saturated carbocycles. The van der Waals surface area contributed by atoms with Crippen LogP contribution in [-0.4, -0.2) is 29.7 Å². The first-order valence-corrected chi connectivity index (χ1v) is 5.54. The number of rotatable bonds is 5. The van der Waals surface area contributed by atoms with Crippen molar-refractivity contribution >= 4 is 0 Å². The summed E-state index contributed by atoms with van der Waals surface area (Å²) in [5, 5.41) is 18.2. The van der Waals surface area contributed by atoms with Crippen LogP contribution in [0, 0.1) is 18.3 Å². The summed E-state index contributed by atoms with van der Waals surface area (Å²) in [5.41, 5.74) is 2.15. The summed E-state index contributed by atoms with van der Waals surface area (Å²) < 4.78 is 0. The van der Waals surface area contributed by atoms with Gasteiger partial charge in [0.2, 0.25) is 0 Å². The zero-order chi connectivity index (χ0) is 12.0. The molecule has 16 heavy (non-hydrogen) atoms. The Kier molecular flexibility index (Phi) is 4.97. The van der Waals surface area contributed by atoms with Crippen molar-refractivity contribution in [3.63, 3.8) is 0 Å². The Morgan fingerprint density at radius 3 is 2.75 bits per heavy atom. The van der Waals surface area contributed by atoms with Crippen LogP contribution in [0.25, 0.3) is 0 Å². The number of nitriles is 1. The molecule has 0 aliphatic heterocycles. The number of aryl methyl sites for hydroxylation is 1. The molecule has 1 atom stereocenters. The minimum atomic E-state index is -0.267. The van der Waals surface area contributed by atoms with Crippen LogP contribution in [0.5, 0.6) is 0 Å². The zero-order valence-corrected chi connectivity index (χ0v) is 9.85. The fourth-order valence-corrected chi connectivity index (χ4v) is 1.81. The van der Waals surface area contributed by atoms with E-state index in [2.05, 4.69) is 6.07 Å². The molecule has 1 N–H and O–H groups in total. The van der Waals surface area contributed by atoms with E-state index in [4.69, 9.17) is 5.11 Å². The van der Waals surface area contributed by atoms with Gasteiger partial charge in [0, 0.05) is 6.54 Å². The molecule has 0 radical (unpaired) electrons. The number of benzene rings is 1. The van der Waals surface area contributed by atoms with E-state index >= 15 is 0 Å². The van der Waals surface area contributed by atoms with E-state index in [-0.39, 0.29) is 12.6 Å². The third-order valence-electron chi connectivity index (χ3n) is 2.64. The Morgan fingerprint density at radius 1 is 1.50 bits per heavy atom. The Balaban J connectivity index is 2.93. The SMILES string of the molecule is CCN(CCO)C(C#N)c1cccc(C)c1. The van der Waals surface area contributed by atoms with E-state index in [9.17, 15) is 5.26 Å². The van der Waals surface area contributed by atoms with Crippen LogP contribution in [0.2, 0.25) is 0 Å². The molecular formula is C13H18N2O. The Labute approximate surface area is 96.9 Å². The topological polar surface area (TPSA) is 47.3 Å². The van der Waals surface area contributed by atoms with Crippen molar-refractivity contribution in [1.82, 2.24) is 4.90 Å². The highest BCUT2D eigenvalue weighted by molar-refractivity contribution is 5.28. The van der Waals surface area contributed by atoms with E-state index in [0.717, 1.165) is 17.7 Å². The first-order valence-electron chi connectivity index (χ1n) is 5.54. The third-order valence-corrected chi connectivity index (χ3v) is 2.64. The summed E-state index contributed by atoms with van der Waals surface area (Å²) in [7, 11) is 0. The van der Waals surface area contributed by atoms with E-state index in [1.165, 1.54) is 0 Å². The highest BCUT2D eigenvalue weighted by Gasteiger charge is 2.17. The Hall–Kier alpha value is -1.37. The summed E-state index contributed by atoms with van der Waals surface area (Å²) in [6.07, 6.45) is 0. The van der Waals surface area contributed by atoms with Crippen molar-refractivity contribution in [2.45, 2.75) is 19.9 Å². The van der Waals surface area contributed by atoms with Crippen LogP contribution >= 0.6 is 0 Å². The monoisotopic (exact) mass is 218 g/mol. The quantitative estimate of drug-likeness (QED) is 0.820. The lowest BCUT2D eigenvalue weighted by molar-refractivity contribution is 0.180. The van der Waals surface area contributed by atoms with Gasteiger partial charge in [0.25, 0.3) is 0 Å². The van der Waals surface area contributed by atoms with Crippen molar-refractivity contribution in [3.05, 3.63) is 35.4 Å². The second-order valence-corrected chi connectivity index (χ2v) is 3.80. The number of aliphatic hydroxyl groups excluding tert-OH is 1. The fourth-order valence-electron chi connectivity index (χ4n) is 1.81. The summed E-state index contributed by atoms with van der Waals surface area (Å²) in [6.45, 7) is 5.38. The van der Waals surface area contributed by atoms with Crippen molar-refractivity contribution < 1.29 is 5.11 Å². The molecule has 86 valence electrons. The number of hydrogen-bond acceptors (Lipinski definition) is 3. The molecule has 3 nitrogen and oxygen atoms in total. The average Bonchev–Trinajstić information content (AvgIpc) is 2.29. The number of hydrogen-bond donors (Lipinski definition) is 1. The largest absolute Gasteiger partial charge is 0.395 e. The van der Waals surface area contributed by atoms with Crippen LogP contribution in [0.15, 0.2) is 24.3 Å². The molecule has 0 heterocycles. The molecule has 3 heteroatoms. The molecule has 1 rings (SSSR count). The second-order valence-electron chi connectivity index (χ2n) is 3.80. The molecule has 1 unspecified atom stereocenters. The summed E-state index contributed by atoms with van der Waals surface area (Å²) in [5.74, 6) is 0. The van der Waals surface area contributed by atoms with E-state index in [1.807, 2.05) is 43.0 Å². The normalized spacial score (nSPS) is 12.4. The van der Waals surface area contributed by atoms with E-state index in [0.29, 0.717) is 6.54 Å². The van der Waals surface area contributed by atoms with E-state index < -0.39 is 0 Å². The molecule has 1 aromatic rings. The van der Waals surface area contributed by atoms with Gasteiger partial charge in [0.05, 0.1) is 12.7 Å². The number of likely N-dealkylation sites (N-methyl/N-ethyl adjacent to an activating group) is 1. The van der Waals surface area contributed by atoms with Gasteiger partial charge in [-0.3, -0.25) is 4.90 Å². The zero-order valence-electron chi connectivity index (χ0n) is 9.85. The van der Waals surface area contributed by atoms with Gasteiger partial charge in [-0.05, 0) is 19.0 Å². The molecular weight excluding hydrogens is 200 g/mol. The Morgan fingerprint density at radius 2 is 2.25 bits per heavy atom. The van der Waals surface area contributed by atoms with Gasteiger partial charge >= 0.3 is 0 Å². The molecule has 0 amide bonds. The number of aliphatic hydroxyl groups is 1. The van der Waals surface area contributed by atoms with Crippen molar-refractivity contribution in [2.75, 3.05) is 19.7 Å². The van der Waals surface area contributed by atoms with Crippen molar-refractivity contribution in [2.24, 2.45) is 0 Å². The highest BCUT2D eigenvalue weighted by atomic mass is 16.3. The van der Waals surface area contributed by atoms with Gasteiger partial charge in [-0.1, -0.05) is 36.8 Å². The van der Waals surface area contributed by atoms with Crippen LogP contribution in [-0.2, 0) is 0 Å².